The van der Waals surface area contributed by atoms with Gasteiger partial charge in [0.2, 0.25) is 0 Å². The van der Waals surface area contributed by atoms with Crippen LogP contribution in [-0.4, -0.2) is 30.6 Å². The lowest BCUT2D eigenvalue weighted by atomic mass is 9.95. The molecule has 2 unspecified atom stereocenters. The van der Waals surface area contributed by atoms with E-state index in [0.29, 0.717) is 18.0 Å². The summed E-state index contributed by atoms with van der Waals surface area (Å²) in [6, 6.07) is 7.53. The second kappa shape index (κ2) is 4.66. The molecule has 0 radical (unpaired) electrons. The highest BCUT2D eigenvalue weighted by molar-refractivity contribution is 5.84. The topological polar surface area (TPSA) is 40.5 Å². The number of aldehydes is 1. The Bertz CT molecular complexity index is 378. The largest absolute Gasteiger partial charge is 0.391 e. The third-order valence-electron chi connectivity index (χ3n) is 3.32. The van der Waals surface area contributed by atoms with Crippen LogP contribution < -0.4 is 4.90 Å². The van der Waals surface area contributed by atoms with Crippen molar-refractivity contribution in [1.82, 2.24) is 0 Å². The van der Waals surface area contributed by atoms with Crippen LogP contribution in [0, 0.1) is 5.92 Å². The Morgan fingerprint density at radius 2 is 2.19 bits per heavy atom. The number of benzene rings is 1. The Balaban J connectivity index is 2.21. The van der Waals surface area contributed by atoms with Gasteiger partial charge in [0.15, 0.2) is 6.29 Å². The summed E-state index contributed by atoms with van der Waals surface area (Å²) in [5, 5.41) is 9.84. The van der Waals surface area contributed by atoms with E-state index in [2.05, 4.69) is 11.8 Å². The summed E-state index contributed by atoms with van der Waals surface area (Å²) in [5.74, 6) is 0.347. The van der Waals surface area contributed by atoms with E-state index in [0.717, 1.165) is 24.9 Å². The van der Waals surface area contributed by atoms with Gasteiger partial charge in [0, 0.05) is 24.3 Å². The SMILES string of the molecule is CC1CCN(c2ccccc2C=O)CC1O. The van der Waals surface area contributed by atoms with Crippen molar-refractivity contribution in [2.45, 2.75) is 19.4 Å². The van der Waals surface area contributed by atoms with Crippen LogP contribution in [0.3, 0.4) is 0 Å². The van der Waals surface area contributed by atoms with Gasteiger partial charge in [-0.2, -0.15) is 0 Å². The average molecular weight is 219 g/mol. The highest BCUT2D eigenvalue weighted by Gasteiger charge is 2.25. The smallest absolute Gasteiger partial charge is 0.152 e. The summed E-state index contributed by atoms with van der Waals surface area (Å²) in [4.78, 5) is 13.0. The molecule has 0 amide bonds. The molecule has 3 heteroatoms. The number of carbonyl (C=O) groups is 1. The van der Waals surface area contributed by atoms with Crippen LogP contribution >= 0.6 is 0 Å². The number of β-amino-alcohol motifs (C(OH)–C–C–N with tert-alkyl or cyclic N) is 1. The van der Waals surface area contributed by atoms with Crippen molar-refractivity contribution in [3.05, 3.63) is 29.8 Å². The van der Waals surface area contributed by atoms with Gasteiger partial charge in [0.25, 0.3) is 0 Å². The third kappa shape index (κ3) is 2.09. The minimum atomic E-state index is -0.298. The molecule has 0 saturated carbocycles. The van der Waals surface area contributed by atoms with Crippen LogP contribution in [0.4, 0.5) is 5.69 Å². The number of aliphatic hydroxyl groups is 1. The fourth-order valence-electron chi connectivity index (χ4n) is 2.14. The van der Waals surface area contributed by atoms with Gasteiger partial charge in [0.05, 0.1) is 6.10 Å². The van der Waals surface area contributed by atoms with E-state index in [9.17, 15) is 9.90 Å². The van der Waals surface area contributed by atoms with Crippen molar-refractivity contribution in [2.24, 2.45) is 5.92 Å². The summed E-state index contributed by atoms with van der Waals surface area (Å²) >= 11 is 0. The van der Waals surface area contributed by atoms with Gasteiger partial charge in [-0.3, -0.25) is 4.79 Å². The first-order valence-corrected chi connectivity index (χ1v) is 5.69. The molecule has 1 aliphatic rings. The summed E-state index contributed by atoms with van der Waals surface area (Å²) < 4.78 is 0. The number of hydrogen-bond acceptors (Lipinski definition) is 3. The summed E-state index contributed by atoms with van der Waals surface area (Å²) in [5.41, 5.74) is 1.63. The van der Waals surface area contributed by atoms with Gasteiger partial charge in [-0.05, 0) is 24.5 Å². The van der Waals surface area contributed by atoms with Crippen molar-refractivity contribution in [1.29, 1.82) is 0 Å². The monoisotopic (exact) mass is 219 g/mol. The van der Waals surface area contributed by atoms with E-state index < -0.39 is 0 Å². The Kier molecular flexibility index (Phi) is 3.25. The molecular formula is C13H17NO2. The van der Waals surface area contributed by atoms with Crippen molar-refractivity contribution in [3.8, 4) is 0 Å². The van der Waals surface area contributed by atoms with E-state index in [1.165, 1.54) is 0 Å². The van der Waals surface area contributed by atoms with Gasteiger partial charge in [-0.25, -0.2) is 0 Å². The number of aliphatic hydroxyl groups excluding tert-OH is 1. The van der Waals surface area contributed by atoms with E-state index in [-0.39, 0.29) is 6.10 Å². The van der Waals surface area contributed by atoms with Crippen LogP contribution in [0.5, 0.6) is 0 Å². The number of nitrogens with zero attached hydrogens (tertiary/aromatic N) is 1. The fourth-order valence-corrected chi connectivity index (χ4v) is 2.14. The second-order valence-corrected chi connectivity index (χ2v) is 4.46. The zero-order valence-corrected chi connectivity index (χ0v) is 9.47. The van der Waals surface area contributed by atoms with Gasteiger partial charge < -0.3 is 10.0 Å². The van der Waals surface area contributed by atoms with E-state index in [1.54, 1.807) is 0 Å². The lowest BCUT2D eigenvalue weighted by molar-refractivity contribution is 0.102. The average Bonchev–Trinajstić information content (AvgIpc) is 2.32. The summed E-state index contributed by atoms with van der Waals surface area (Å²) in [7, 11) is 0. The van der Waals surface area contributed by atoms with Crippen LogP contribution in [0.25, 0.3) is 0 Å². The van der Waals surface area contributed by atoms with Crippen LogP contribution in [0.15, 0.2) is 24.3 Å². The molecule has 1 saturated heterocycles. The van der Waals surface area contributed by atoms with Crippen molar-refractivity contribution >= 4 is 12.0 Å². The zero-order valence-electron chi connectivity index (χ0n) is 9.47. The molecule has 86 valence electrons. The molecule has 2 atom stereocenters. The Morgan fingerprint density at radius 3 is 2.88 bits per heavy atom. The Labute approximate surface area is 95.7 Å². The molecular weight excluding hydrogens is 202 g/mol. The van der Waals surface area contributed by atoms with Gasteiger partial charge >= 0.3 is 0 Å². The summed E-state index contributed by atoms with van der Waals surface area (Å²) in [6.45, 7) is 3.59. The number of rotatable bonds is 2. The van der Waals surface area contributed by atoms with E-state index >= 15 is 0 Å². The van der Waals surface area contributed by atoms with Crippen molar-refractivity contribution < 1.29 is 9.90 Å². The first-order valence-electron chi connectivity index (χ1n) is 5.69. The van der Waals surface area contributed by atoms with Gasteiger partial charge in [-0.15, -0.1) is 0 Å². The third-order valence-corrected chi connectivity index (χ3v) is 3.32. The first-order chi connectivity index (χ1) is 7.72. The molecule has 3 nitrogen and oxygen atoms in total. The lowest BCUT2D eigenvalue weighted by Gasteiger charge is -2.36. The van der Waals surface area contributed by atoms with Crippen LogP contribution in [0.2, 0.25) is 0 Å². The molecule has 0 aromatic heterocycles. The molecule has 1 fully saturated rings. The molecule has 16 heavy (non-hydrogen) atoms. The molecule has 1 aliphatic heterocycles. The molecule has 1 N–H and O–H groups in total. The number of carbonyl (C=O) groups excluding carboxylic acids is 1. The molecule has 1 aromatic rings. The van der Waals surface area contributed by atoms with Gasteiger partial charge in [-0.1, -0.05) is 19.1 Å². The quantitative estimate of drug-likeness (QED) is 0.770. The van der Waals surface area contributed by atoms with Crippen molar-refractivity contribution in [2.75, 3.05) is 18.0 Å². The van der Waals surface area contributed by atoms with E-state index in [4.69, 9.17) is 0 Å². The summed E-state index contributed by atoms with van der Waals surface area (Å²) in [6.07, 6.45) is 1.54. The van der Waals surface area contributed by atoms with Crippen LogP contribution in [-0.2, 0) is 0 Å². The first kappa shape index (κ1) is 11.1. The Morgan fingerprint density at radius 1 is 1.44 bits per heavy atom. The van der Waals surface area contributed by atoms with Gasteiger partial charge in [0.1, 0.15) is 0 Å². The highest BCUT2D eigenvalue weighted by Crippen LogP contribution is 2.25. The maximum atomic E-state index is 10.9. The molecule has 1 heterocycles. The predicted octanol–water partition coefficient (Wildman–Crippen LogP) is 1.71. The lowest BCUT2D eigenvalue weighted by Crippen LogP contribution is -2.43. The maximum absolute atomic E-state index is 10.9. The second-order valence-electron chi connectivity index (χ2n) is 4.46. The molecule has 1 aromatic carbocycles. The molecule has 0 spiro atoms. The Hall–Kier alpha value is -1.35. The zero-order chi connectivity index (χ0) is 11.5. The number of hydrogen-bond donors (Lipinski definition) is 1. The fraction of sp³-hybridized carbons (Fsp3) is 0.462. The van der Waals surface area contributed by atoms with E-state index in [1.807, 2.05) is 24.3 Å². The number of piperidine rings is 1. The highest BCUT2D eigenvalue weighted by atomic mass is 16.3. The molecule has 0 bridgehead atoms. The van der Waals surface area contributed by atoms with Crippen LogP contribution in [0.1, 0.15) is 23.7 Å². The number of para-hydroxylation sites is 1. The minimum Gasteiger partial charge on any atom is -0.391 e. The molecule has 0 aliphatic carbocycles. The number of anilines is 1. The standard InChI is InChI=1S/C13H17NO2/c1-10-6-7-14(8-13(10)16)12-5-3-2-4-11(12)9-15/h2-5,9-10,13,16H,6-8H2,1H3. The normalized spacial score (nSPS) is 25.5. The van der Waals surface area contributed by atoms with Crippen molar-refractivity contribution in [3.63, 3.8) is 0 Å². The minimum absolute atomic E-state index is 0.298. The molecule has 2 rings (SSSR count). The predicted molar refractivity (Wildman–Crippen MR) is 63.8 cm³/mol. The maximum Gasteiger partial charge on any atom is 0.152 e.